The second-order valence-corrected chi connectivity index (χ2v) is 6.84. The molecule has 1 aliphatic rings. The smallest absolute Gasteiger partial charge is 0.230 e. The third-order valence-electron chi connectivity index (χ3n) is 4.52. The summed E-state index contributed by atoms with van der Waals surface area (Å²) in [4.78, 5) is 15.1. The van der Waals surface area contributed by atoms with Crippen molar-refractivity contribution in [2.75, 3.05) is 19.6 Å². The minimum Gasteiger partial charge on any atom is -0.339 e. The fraction of sp³-hybridized carbons (Fsp3) is 0.611. The number of rotatable bonds is 4. The Kier molecular flexibility index (Phi) is 5.04. The van der Waals surface area contributed by atoms with E-state index in [-0.39, 0.29) is 17.4 Å². The van der Waals surface area contributed by atoms with Gasteiger partial charge in [-0.25, -0.2) is 0 Å². The first-order valence-electron chi connectivity index (χ1n) is 8.03. The van der Waals surface area contributed by atoms with Gasteiger partial charge in [-0.3, -0.25) is 4.79 Å². The number of hydrogen-bond donors (Lipinski definition) is 1. The molecular weight excluding hydrogens is 260 g/mol. The fourth-order valence-corrected chi connectivity index (χ4v) is 3.14. The number of piperazine rings is 1. The Labute approximate surface area is 128 Å². The molecular formula is C18H28N2O. The molecule has 0 radical (unpaired) electrons. The van der Waals surface area contributed by atoms with E-state index in [1.807, 2.05) is 23.1 Å². The molecule has 1 fully saturated rings. The van der Waals surface area contributed by atoms with Crippen molar-refractivity contribution in [2.24, 2.45) is 5.92 Å². The molecule has 2 unspecified atom stereocenters. The maximum atomic E-state index is 13.1. The Morgan fingerprint density at radius 1 is 1.33 bits per heavy atom. The number of carbonyl (C=O) groups is 1. The molecule has 0 saturated carbocycles. The zero-order chi connectivity index (χ0) is 15.5. The highest BCUT2D eigenvalue weighted by molar-refractivity contribution is 5.84. The van der Waals surface area contributed by atoms with Crippen LogP contribution >= 0.6 is 0 Å². The second-order valence-electron chi connectivity index (χ2n) is 6.84. The van der Waals surface area contributed by atoms with Crippen LogP contribution in [0.25, 0.3) is 0 Å². The van der Waals surface area contributed by atoms with Crippen LogP contribution in [0.4, 0.5) is 0 Å². The van der Waals surface area contributed by atoms with Gasteiger partial charge in [0.1, 0.15) is 0 Å². The Morgan fingerprint density at radius 2 is 2.00 bits per heavy atom. The van der Waals surface area contributed by atoms with E-state index < -0.39 is 0 Å². The Morgan fingerprint density at radius 3 is 2.57 bits per heavy atom. The van der Waals surface area contributed by atoms with Gasteiger partial charge in [-0.2, -0.15) is 0 Å². The van der Waals surface area contributed by atoms with Crippen LogP contribution in [0.2, 0.25) is 0 Å². The van der Waals surface area contributed by atoms with Gasteiger partial charge in [0.25, 0.3) is 0 Å². The molecule has 0 aliphatic carbocycles. The van der Waals surface area contributed by atoms with Gasteiger partial charge in [-0.05, 0) is 25.3 Å². The molecule has 21 heavy (non-hydrogen) atoms. The van der Waals surface area contributed by atoms with E-state index in [0.29, 0.717) is 5.92 Å². The number of carbonyl (C=O) groups excluding carboxylic acids is 1. The fourth-order valence-electron chi connectivity index (χ4n) is 3.14. The highest BCUT2D eigenvalue weighted by atomic mass is 16.2. The summed E-state index contributed by atoms with van der Waals surface area (Å²) in [5, 5.41) is 3.47. The summed E-state index contributed by atoms with van der Waals surface area (Å²) in [6.07, 6.45) is 1.01. The molecule has 2 atom stereocenters. The van der Waals surface area contributed by atoms with E-state index in [1.54, 1.807) is 0 Å². The van der Waals surface area contributed by atoms with E-state index in [1.165, 1.54) is 0 Å². The molecule has 1 aromatic rings. The lowest BCUT2D eigenvalue weighted by molar-refractivity contribution is -0.136. The molecule has 2 rings (SSSR count). The first-order chi connectivity index (χ1) is 9.94. The predicted molar refractivity (Wildman–Crippen MR) is 87.3 cm³/mol. The van der Waals surface area contributed by atoms with Crippen molar-refractivity contribution in [2.45, 2.75) is 45.6 Å². The highest BCUT2D eigenvalue weighted by Crippen LogP contribution is 2.30. The lowest BCUT2D eigenvalue weighted by Crippen LogP contribution is -2.59. The average Bonchev–Trinajstić information content (AvgIpc) is 2.47. The molecule has 0 aromatic heterocycles. The Bertz CT molecular complexity index is 469. The minimum atomic E-state index is -0.0231. The molecule has 1 saturated heterocycles. The molecule has 3 heteroatoms. The van der Waals surface area contributed by atoms with Crippen LogP contribution in [0.3, 0.4) is 0 Å². The van der Waals surface area contributed by atoms with Crippen molar-refractivity contribution in [1.29, 1.82) is 0 Å². The summed E-state index contributed by atoms with van der Waals surface area (Å²) in [5.41, 5.74) is 1.15. The van der Waals surface area contributed by atoms with Gasteiger partial charge in [0.2, 0.25) is 5.91 Å². The summed E-state index contributed by atoms with van der Waals surface area (Å²) in [5.74, 6) is 0.619. The monoisotopic (exact) mass is 288 g/mol. The van der Waals surface area contributed by atoms with E-state index in [4.69, 9.17) is 0 Å². The highest BCUT2D eigenvalue weighted by Gasteiger charge is 2.34. The average molecular weight is 288 g/mol. The standard InChI is InChI=1S/C18H28N2O/c1-5-14(2)16(15-9-7-6-8-10-15)17(21)20-12-11-19-18(3,4)13-20/h6-10,14,16,19H,5,11-13H2,1-4H3. The van der Waals surface area contributed by atoms with Gasteiger partial charge in [0, 0.05) is 25.2 Å². The topological polar surface area (TPSA) is 32.3 Å². The van der Waals surface area contributed by atoms with Gasteiger partial charge in [0.05, 0.1) is 5.92 Å². The third-order valence-corrected chi connectivity index (χ3v) is 4.52. The number of nitrogens with one attached hydrogen (secondary N) is 1. The van der Waals surface area contributed by atoms with Crippen LogP contribution in [0, 0.1) is 5.92 Å². The van der Waals surface area contributed by atoms with Crippen LogP contribution in [-0.4, -0.2) is 36.0 Å². The zero-order valence-corrected chi connectivity index (χ0v) is 13.7. The van der Waals surface area contributed by atoms with Crippen molar-refractivity contribution in [1.82, 2.24) is 10.2 Å². The Hall–Kier alpha value is -1.35. The molecule has 3 nitrogen and oxygen atoms in total. The summed E-state index contributed by atoms with van der Waals surface area (Å²) < 4.78 is 0. The van der Waals surface area contributed by atoms with Crippen LogP contribution in [0.5, 0.6) is 0 Å². The Balaban J connectivity index is 2.23. The molecule has 1 amide bonds. The molecule has 116 valence electrons. The van der Waals surface area contributed by atoms with Crippen molar-refractivity contribution < 1.29 is 4.79 Å². The van der Waals surface area contributed by atoms with Gasteiger partial charge in [-0.15, -0.1) is 0 Å². The summed E-state index contributed by atoms with van der Waals surface area (Å²) >= 11 is 0. The predicted octanol–water partition coefficient (Wildman–Crippen LogP) is 3.03. The molecule has 1 N–H and O–H groups in total. The molecule has 1 heterocycles. The van der Waals surface area contributed by atoms with Crippen molar-refractivity contribution in [3.63, 3.8) is 0 Å². The lowest BCUT2D eigenvalue weighted by atomic mass is 9.84. The molecule has 0 bridgehead atoms. The lowest BCUT2D eigenvalue weighted by Gasteiger charge is -2.41. The quantitative estimate of drug-likeness (QED) is 0.923. The maximum absolute atomic E-state index is 13.1. The molecule has 1 aromatic carbocycles. The first-order valence-corrected chi connectivity index (χ1v) is 8.03. The zero-order valence-electron chi connectivity index (χ0n) is 13.7. The van der Waals surface area contributed by atoms with E-state index >= 15 is 0 Å². The summed E-state index contributed by atoms with van der Waals surface area (Å²) in [7, 11) is 0. The molecule has 0 spiro atoms. The van der Waals surface area contributed by atoms with Gasteiger partial charge >= 0.3 is 0 Å². The number of amides is 1. The summed E-state index contributed by atoms with van der Waals surface area (Å²) in [6.45, 7) is 11.1. The number of hydrogen-bond acceptors (Lipinski definition) is 2. The number of nitrogens with zero attached hydrogens (tertiary/aromatic N) is 1. The van der Waals surface area contributed by atoms with Gasteiger partial charge in [0.15, 0.2) is 0 Å². The van der Waals surface area contributed by atoms with Crippen LogP contribution in [-0.2, 0) is 4.79 Å². The van der Waals surface area contributed by atoms with E-state index in [9.17, 15) is 4.79 Å². The molecule has 1 aliphatic heterocycles. The van der Waals surface area contributed by atoms with E-state index in [2.05, 4.69) is 45.1 Å². The SMILES string of the molecule is CCC(C)C(C(=O)N1CCNC(C)(C)C1)c1ccccc1. The third kappa shape index (κ3) is 3.85. The van der Waals surface area contributed by atoms with E-state index in [0.717, 1.165) is 31.6 Å². The largest absolute Gasteiger partial charge is 0.339 e. The van der Waals surface area contributed by atoms with Crippen LogP contribution in [0.1, 0.15) is 45.6 Å². The van der Waals surface area contributed by atoms with Gasteiger partial charge in [-0.1, -0.05) is 50.6 Å². The summed E-state index contributed by atoms with van der Waals surface area (Å²) in [6, 6.07) is 10.2. The van der Waals surface area contributed by atoms with Crippen LogP contribution < -0.4 is 5.32 Å². The van der Waals surface area contributed by atoms with Crippen molar-refractivity contribution >= 4 is 5.91 Å². The second kappa shape index (κ2) is 6.61. The maximum Gasteiger partial charge on any atom is 0.230 e. The van der Waals surface area contributed by atoms with Crippen LogP contribution in [0.15, 0.2) is 30.3 Å². The van der Waals surface area contributed by atoms with Crippen molar-refractivity contribution in [3.8, 4) is 0 Å². The van der Waals surface area contributed by atoms with Gasteiger partial charge < -0.3 is 10.2 Å². The van der Waals surface area contributed by atoms with Crippen molar-refractivity contribution in [3.05, 3.63) is 35.9 Å². The minimum absolute atomic E-state index is 0.00456. The first kappa shape index (κ1) is 16.0. The number of benzene rings is 1. The normalized spacial score (nSPS) is 20.9.